The average Bonchev–Trinajstić information content (AvgIpc) is 2.60. The van der Waals surface area contributed by atoms with Crippen molar-refractivity contribution in [2.45, 2.75) is 25.7 Å². The smallest absolute Gasteiger partial charge is 0.278 e. The molecule has 1 aromatic carbocycles. The summed E-state index contributed by atoms with van der Waals surface area (Å²) < 4.78 is 27.0. The van der Waals surface area contributed by atoms with E-state index in [4.69, 9.17) is 0 Å². The topological polar surface area (TPSA) is 69.7 Å². The molecule has 0 saturated carbocycles. The summed E-state index contributed by atoms with van der Waals surface area (Å²) in [6, 6.07) is 5.87. The molecular weight excluding hydrogens is 302 g/mol. The van der Waals surface area contributed by atoms with Crippen LogP contribution >= 0.6 is 0 Å². The van der Waals surface area contributed by atoms with Crippen LogP contribution in [-0.2, 0) is 26.8 Å². The van der Waals surface area contributed by atoms with Crippen LogP contribution in [0.3, 0.4) is 0 Å². The number of hydrogen-bond acceptors (Lipinski definition) is 3. The van der Waals surface area contributed by atoms with Gasteiger partial charge < -0.3 is 4.90 Å². The molecule has 122 valence electrons. The lowest BCUT2D eigenvalue weighted by Crippen LogP contribution is -2.36. The first kappa shape index (κ1) is 16.9. The molecule has 1 aliphatic heterocycles. The molecule has 6 nitrogen and oxygen atoms in total. The zero-order chi connectivity index (χ0) is 16.7. The second-order valence-electron chi connectivity index (χ2n) is 6.27. The Kier molecular flexibility index (Phi) is 4.34. The van der Waals surface area contributed by atoms with Gasteiger partial charge in [0.25, 0.3) is 10.2 Å². The van der Waals surface area contributed by atoms with Gasteiger partial charge in [0.05, 0.1) is 5.41 Å². The molecule has 0 unspecified atom stereocenters. The van der Waals surface area contributed by atoms with E-state index in [0.29, 0.717) is 13.0 Å². The summed E-state index contributed by atoms with van der Waals surface area (Å²) in [5, 5.41) is 0. The molecular formula is C15H23N3O3S. The van der Waals surface area contributed by atoms with Gasteiger partial charge >= 0.3 is 0 Å². The lowest BCUT2D eigenvalue weighted by atomic mass is 9.85. The lowest BCUT2D eigenvalue weighted by Gasteiger charge is -2.17. The standard InChI is InChI=1S/C15H23N3O3S/c1-15(2)12-10-11(6-7-13(12)18(5)14(15)19)8-9-16-22(20,21)17(3)4/h6-7,10,16H,8-9H2,1-5H3. The largest absolute Gasteiger partial charge is 0.314 e. The van der Waals surface area contributed by atoms with Crippen molar-refractivity contribution in [1.29, 1.82) is 0 Å². The van der Waals surface area contributed by atoms with Crippen molar-refractivity contribution < 1.29 is 13.2 Å². The first-order chi connectivity index (χ1) is 10.1. The van der Waals surface area contributed by atoms with Gasteiger partial charge in [0.1, 0.15) is 0 Å². The molecule has 22 heavy (non-hydrogen) atoms. The fourth-order valence-corrected chi connectivity index (χ4v) is 3.25. The first-order valence-electron chi connectivity index (χ1n) is 7.16. The second kappa shape index (κ2) is 5.64. The van der Waals surface area contributed by atoms with E-state index >= 15 is 0 Å². The fraction of sp³-hybridized carbons (Fsp3) is 0.533. The molecule has 1 N–H and O–H groups in total. The van der Waals surface area contributed by atoms with Crippen molar-refractivity contribution in [3.63, 3.8) is 0 Å². The number of nitrogens with one attached hydrogen (secondary N) is 1. The van der Waals surface area contributed by atoms with Crippen LogP contribution in [0.25, 0.3) is 0 Å². The molecule has 2 rings (SSSR count). The molecule has 0 fully saturated rings. The van der Waals surface area contributed by atoms with Gasteiger partial charge in [0.15, 0.2) is 0 Å². The minimum Gasteiger partial charge on any atom is -0.314 e. The van der Waals surface area contributed by atoms with Crippen molar-refractivity contribution in [3.05, 3.63) is 29.3 Å². The number of nitrogens with zero attached hydrogens (tertiary/aromatic N) is 2. The quantitative estimate of drug-likeness (QED) is 0.874. The molecule has 1 amide bonds. The van der Waals surface area contributed by atoms with Crippen LogP contribution in [0.5, 0.6) is 0 Å². The fourth-order valence-electron chi connectivity index (χ4n) is 2.63. The van der Waals surface area contributed by atoms with Crippen LogP contribution in [0.4, 0.5) is 5.69 Å². The molecule has 0 spiro atoms. The van der Waals surface area contributed by atoms with Crippen LogP contribution < -0.4 is 9.62 Å². The normalized spacial score (nSPS) is 17.2. The number of carbonyl (C=O) groups is 1. The first-order valence-corrected chi connectivity index (χ1v) is 8.60. The molecule has 7 heteroatoms. The van der Waals surface area contributed by atoms with Crippen LogP contribution in [0, 0.1) is 0 Å². The van der Waals surface area contributed by atoms with Crippen LogP contribution in [0.2, 0.25) is 0 Å². The van der Waals surface area contributed by atoms with Gasteiger partial charge in [-0.3, -0.25) is 4.79 Å². The summed E-state index contributed by atoms with van der Waals surface area (Å²) in [6.45, 7) is 4.15. The highest BCUT2D eigenvalue weighted by Crippen LogP contribution is 2.41. The van der Waals surface area contributed by atoms with Crippen molar-refractivity contribution in [2.24, 2.45) is 0 Å². The highest BCUT2D eigenvalue weighted by molar-refractivity contribution is 7.87. The molecule has 0 saturated heterocycles. The maximum atomic E-state index is 12.2. The van der Waals surface area contributed by atoms with Gasteiger partial charge in [-0.2, -0.15) is 12.7 Å². The zero-order valence-corrected chi connectivity index (χ0v) is 14.5. The third-order valence-electron chi connectivity index (χ3n) is 4.11. The van der Waals surface area contributed by atoms with E-state index in [0.717, 1.165) is 21.1 Å². The Morgan fingerprint density at radius 1 is 1.27 bits per heavy atom. The van der Waals surface area contributed by atoms with Crippen LogP contribution in [-0.4, -0.2) is 46.3 Å². The molecule has 0 atom stereocenters. The molecule has 1 aliphatic rings. The molecule has 0 aliphatic carbocycles. The van der Waals surface area contributed by atoms with Gasteiger partial charge in [0.2, 0.25) is 5.91 Å². The number of likely N-dealkylation sites (N-methyl/N-ethyl adjacent to an activating group) is 1. The Balaban J connectivity index is 2.14. The van der Waals surface area contributed by atoms with Crippen molar-refractivity contribution >= 4 is 21.8 Å². The maximum absolute atomic E-state index is 12.2. The highest BCUT2D eigenvalue weighted by Gasteiger charge is 2.42. The van der Waals surface area contributed by atoms with Crippen molar-refractivity contribution in [2.75, 3.05) is 32.6 Å². The van der Waals surface area contributed by atoms with E-state index in [9.17, 15) is 13.2 Å². The minimum absolute atomic E-state index is 0.0768. The van der Waals surface area contributed by atoms with E-state index in [1.54, 1.807) is 11.9 Å². The number of hydrogen-bond donors (Lipinski definition) is 1. The Bertz CT molecular complexity index is 696. The Morgan fingerprint density at radius 2 is 1.91 bits per heavy atom. The average molecular weight is 325 g/mol. The predicted molar refractivity (Wildman–Crippen MR) is 87.2 cm³/mol. The highest BCUT2D eigenvalue weighted by atomic mass is 32.2. The predicted octanol–water partition coefficient (Wildman–Crippen LogP) is 0.879. The Labute approximate surface area is 132 Å². The number of benzene rings is 1. The lowest BCUT2D eigenvalue weighted by molar-refractivity contribution is -0.121. The van der Waals surface area contributed by atoms with E-state index in [1.807, 2.05) is 32.0 Å². The van der Waals surface area contributed by atoms with Gasteiger partial charge in [-0.15, -0.1) is 0 Å². The van der Waals surface area contributed by atoms with Crippen molar-refractivity contribution in [3.8, 4) is 0 Å². The monoisotopic (exact) mass is 325 g/mol. The van der Waals surface area contributed by atoms with E-state index < -0.39 is 15.6 Å². The van der Waals surface area contributed by atoms with Crippen LogP contribution in [0.15, 0.2) is 18.2 Å². The van der Waals surface area contributed by atoms with Gasteiger partial charge in [-0.1, -0.05) is 12.1 Å². The molecule has 1 heterocycles. The van der Waals surface area contributed by atoms with Gasteiger partial charge in [-0.25, -0.2) is 4.72 Å². The Hall–Kier alpha value is -1.44. The molecule has 0 radical (unpaired) electrons. The third-order valence-corrected chi connectivity index (χ3v) is 5.64. The minimum atomic E-state index is -3.40. The molecule has 0 aromatic heterocycles. The number of carbonyl (C=O) groups excluding carboxylic acids is 1. The number of anilines is 1. The van der Waals surface area contributed by atoms with E-state index in [-0.39, 0.29) is 5.91 Å². The summed E-state index contributed by atoms with van der Waals surface area (Å²) >= 11 is 0. The van der Waals surface area contributed by atoms with Gasteiger partial charge in [-0.05, 0) is 37.5 Å². The van der Waals surface area contributed by atoms with E-state index in [1.165, 1.54) is 14.1 Å². The van der Waals surface area contributed by atoms with Crippen LogP contribution in [0.1, 0.15) is 25.0 Å². The third kappa shape index (κ3) is 2.88. The van der Waals surface area contributed by atoms with Gasteiger partial charge in [0, 0.05) is 33.4 Å². The summed E-state index contributed by atoms with van der Waals surface area (Å²) in [4.78, 5) is 13.9. The summed E-state index contributed by atoms with van der Waals surface area (Å²) in [5.41, 5.74) is 2.39. The number of rotatable bonds is 5. The van der Waals surface area contributed by atoms with E-state index in [2.05, 4.69) is 4.72 Å². The summed E-state index contributed by atoms with van der Waals surface area (Å²) in [5.74, 6) is 0.0768. The Morgan fingerprint density at radius 3 is 2.50 bits per heavy atom. The number of amides is 1. The summed E-state index contributed by atoms with van der Waals surface area (Å²) in [7, 11) is 1.35. The molecule has 0 bridgehead atoms. The zero-order valence-electron chi connectivity index (χ0n) is 13.7. The number of fused-ring (bicyclic) bond motifs is 1. The SMILES string of the molecule is CN1C(=O)C(C)(C)c2cc(CCNS(=O)(=O)N(C)C)ccc21. The summed E-state index contributed by atoms with van der Waals surface area (Å²) in [6.07, 6.45) is 0.578. The van der Waals surface area contributed by atoms with Crippen molar-refractivity contribution in [1.82, 2.24) is 9.03 Å². The maximum Gasteiger partial charge on any atom is 0.278 e. The second-order valence-corrected chi connectivity index (χ2v) is 8.24. The molecule has 1 aromatic rings.